The summed E-state index contributed by atoms with van der Waals surface area (Å²) in [6.45, 7) is 0.164. The Morgan fingerprint density at radius 1 is 0.926 bits per heavy atom. The van der Waals surface area contributed by atoms with Crippen molar-refractivity contribution >= 4 is 10.0 Å². The van der Waals surface area contributed by atoms with Crippen molar-refractivity contribution < 1.29 is 17.2 Å². The van der Waals surface area contributed by atoms with E-state index in [1.54, 1.807) is 42.7 Å². The van der Waals surface area contributed by atoms with Crippen molar-refractivity contribution in [3.05, 3.63) is 95.8 Å². The van der Waals surface area contributed by atoms with Crippen LogP contribution in [0.1, 0.15) is 11.1 Å². The minimum Gasteiger partial charge on any atom is -0.264 e. The molecule has 1 aromatic heterocycles. The van der Waals surface area contributed by atoms with Crippen molar-refractivity contribution in [2.24, 2.45) is 0 Å². The maximum absolute atomic E-state index is 13.9. The average Bonchev–Trinajstić information content (AvgIpc) is 2.67. The van der Waals surface area contributed by atoms with Crippen LogP contribution in [0.25, 0.3) is 0 Å². The van der Waals surface area contributed by atoms with Gasteiger partial charge in [0.15, 0.2) is 0 Å². The molecular weight excluding hydrogens is 370 g/mol. The Morgan fingerprint density at radius 2 is 1.67 bits per heavy atom. The monoisotopic (exact) mass is 388 g/mol. The van der Waals surface area contributed by atoms with Gasteiger partial charge in [0.05, 0.1) is 4.90 Å². The van der Waals surface area contributed by atoms with Gasteiger partial charge in [-0.3, -0.25) is 4.98 Å². The summed E-state index contributed by atoms with van der Waals surface area (Å²) in [5.74, 6) is -0.892. The number of benzene rings is 2. The highest BCUT2D eigenvalue weighted by atomic mass is 32.2. The topological polar surface area (TPSA) is 50.3 Å². The molecule has 0 fully saturated rings. The molecule has 0 saturated heterocycles. The van der Waals surface area contributed by atoms with Crippen LogP contribution < -0.4 is 0 Å². The molecule has 3 rings (SSSR count). The van der Waals surface area contributed by atoms with Gasteiger partial charge < -0.3 is 0 Å². The highest BCUT2D eigenvalue weighted by Gasteiger charge is 2.25. The number of hydrogen-bond donors (Lipinski definition) is 0. The molecule has 0 unspecified atom stereocenters. The molecular formula is C20H18F2N2O2S. The number of halogens is 2. The van der Waals surface area contributed by atoms with Crippen LogP contribution >= 0.6 is 0 Å². The first-order valence-corrected chi connectivity index (χ1v) is 9.79. The predicted octanol–water partition coefficient (Wildman–Crippen LogP) is 3.79. The zero-order chi connectivity index (χ0) is 19.3. The Morgan fingerprint density at radius 3 is 2.33 bits per heavy atom. The maximum Gasteiger partial charge on any atom is 0.243 e. The first kappa shape index (κ1) is 19.1. The van der Waals surface area contributed by atoms with Gasteiger partial charge in [0.25, 0.3) is 0 Å². The Bertz CT molecular complexity index is 994. The lowest BCUT2D eigenvalue weighted by molar-refractivity contribution is 0.406. The quantitative estimate of drug-likeness (QED) is 0.619. The lowest BCUT2D eigenvalue weighted by Crippen LogP contribution is -2.32. The summed E-state index contributed by atoms with van der Waals surface area (Å²) in [5.41, 5.74) is 1.14. The summed E-state index contributed by atoms with van der Waals surface area (Å²) >= 11 is 0. The number of hydrogen-bond acceptors (Lipinski definition) is 3. The normalized spacial score (nSPS) is 11.7. The third-order valence-electron chi connectivity index (χ3n) is 4.12. The Hall–Kier alpha value is -2.64. The molecule has 1 heterocycles. The number of aromatic nitrogens is 1. The van der Waals surface area contributed by atoms with Crippen molar-refractivity contribution in [1.82, 2.24) is 9.29 Å². The van der Waals surface area contributed by atoms with E-state index >= 15 is 0 Å². The van der Waals surface area contributed by atoms with Gasteiger partial charge in [-0.2, -0.15) is 4.31 Å². The van der Waals surface area contributed by atoms with E-state index < -0.39 is 15.8 Å². The van der Waals surface area contributed by atoms with E-state index in [0.717, 1.165) is 12.1 Å². The predicted molar refractivity (Wildman–Crippen MR) is 98.3 cm³/mol. The van der Waals surface area contributed by atoms with Crippen LogP contribution in [-0.4, -0.2) is 24.3 Å². The number of rotatable bonds is 7. The molecule has 0 radical (unpaired) electrons. The molecule has 0 aliphatic heterocycles. The van der Waals surface area contributed by atoms with Crippen molar-refractivity contribution in [1.29, 1.82) is 0 Å². The molecule has 4 nitrogen and oxygen atoms in total. The smallest absolute Gasteiger partial charge is 0.243 e. The van der Waals surface area contributed by atoms with Crippen LogP contribution in [0.3, 0.4) is 0 Å². The fraction of sp³-hybridized carbons (Fsp3) is 0.150. The summed E-state index contributed by atoms with van der Waals surface area (Å²) in [4.78, 5) is 3.99. The minimum absolute atomic E-state index is 0.0127. The van der Waals surface area contributed by atoms with Gasteiger partial charge in [-0.05, 0) is 53.9 Å². The third kappa shape index (κ3) is 4.75. The fourth-order valence-electron chi connectivity index (χ4n) is 2.68. The molecule has 0 N–H and O–H groups in total. The van der Waals surface area contributed by atoms with E-state index in [4.69, 9.17) is 0 Å². The molecule has 27 heavy (non-hydrogen) atoms. The van der Waals surface area contributed by atoms with Gasteiger partial charge in [-0.25, -0.2) is 17.2 Å². The van der Waals surface area contributed by atoms with Gasteiger partial charge in [-0.1, -0.05) is 24.3 Å². The van der Waals surface area contributed by atoms with Crippen LogP contribution in [0.5, 0.6) is 0 Å². The van der Waals surface area contributed by atoms with E-state index in [-0.39, 0.29) is 30.2 Å². The van der Waals surface area contributed by atoms with Gasteiger partial charge >= 0.3 is 0 Å². The largest absolute Gasteiger partial charge is 0.264 e. The minimum atomic E-state index is -3.88. The van der Waals surface area contributed by atoms with Crippen LogP contribution in [0.2, 0.25) is 0 Å². The molecule has 0 atom stereocenters. The van der Waals surface area contributed by atoms with Crippen LogP contribution in [0.4, 0.5) is 8.78 Å². The second kappa shape index (κ2) is 8.37. The van der Waals surface area contributed by atoms with E-state index in [9.17, 15) is 17.2 Å². The standard InChI is InChI=1S/C20H18F2N2O2S/c21-18-7-9-19(10-8-18)27(25,26)24(15-16-4-3-12-23-14-16)13-11-17-5-1-2-6-20(17)22/h1-10,12,14H,11,13,15H2. The second-order valence-corrected chi connectivity index (χ2v) is 7.93. The molecule has 0 bridgehead atoms. The Labute approximate surface area is 157 Å². The number of pyridine rings is 1. The van der Waals surface area contributed by atoms with Gasteiger partial charge in [0.2, 0.25) is 10.0 Å². The average molecular weight is 388 g/mol. The van der Waals surface area contributed by atoms with Crippen molar-refractivity contribution in [3.8, 4) is 0 Å². The first-order valence-electron chi connectivity index (χ1n) is 8.35. The van der Waals surface area contributed by atoms with Gasteiger partial charge in [-0.15, -0.1) is 0 Å². The highest BCUT2D eigenvalue weighted by Crippen LogP contribution is 2.20. The molecule has 140 valence electrons. The maximum atomic E-state index is 13.9. The van der Waals surface area contributed by atoms with Crippen LogP contribution in [-0.2, 0) is 23.0 Å². The molecule has 0 aliphatic rings. The molecule has 2 aromatic carbocycles. The van der Waals surface area contributed by atoms with Crippen molar-refractivity contribution in [2.75, 3.05) is 6.54 Å². The molecule has 0 spiro atoms. The zero-order valence-electron chi connectivity index (χ0n) is 14.4. The summed E-state index contributed by atoms with van der Waals surface area (Å²) in [6, 6.07) is 14.4. The third-order valence-corrected chi connectivity index (χ3v) is 5.98. The number of nitrogens with zero attached hydrogens (tertiary/aromatic N) is 2. The van der Waals surface area contributed by atoms with Gasteiger partial charge in [0, 0.05) is 25.5 Å². The molecule has 0 amide bonds. The molecule has 3 aromatic rings. The van der Waals surface area contributed by atoms with Crippen molar-refractivity contribution in [2.45, 2.75) is 17.9 Å². The first-order chi connectivity index (χ1) is 13.0. The highest BCUT2D eigenvalue weighted by molar-refractivity contribution is 7.89. The van der Waals surface area contributed by atoms with E-state index in [0.29, 0.717) is 11.1 Å². The zero-order valence-corrected chi connectivity index (χ0v) is 15.2. The SMILES string of the molecule is O=S(=O)(c1ccc(F)cc1)N(CCc1ccccc1F)Cc1cccnc1. The van der Waals surface area contributed by atoms with Crippen LogP contribution in [0.15, 0.2) is 78.0 Å². The van der Waals surface area contributed by atoms with E-state index in [2.05, 4.69) is 4.98 Å². The lowest BCUT2D eigenvalue weighted by Gasteiger charge is -2.22. The summed E-state index contributed by atoms with van der Waals surface area (Å²) in [6.07, 6.45) is 3.39. The van der Waals surface area contributed by atoms with Crippen molar-refractivity contribution in [3.63, 3.8) is 0 Å². The van der Waals surface area contributed by atoms with E-state index in [1.807, 2.05) is 0 Å². The molecule has 0 saturated carbocycles. The summed E-state index contributed by atoms with van der Waals surface area (Å²) in [5, 5.41) is 0. The molecule has 7 heteroatoms. The van der Waals surface area contributed by atoms with Crippen LogP contribution in [0, 0.1) is 11.6 Å². The fourth-order valence-corrected chi connectivity index (χ4v) is 4.11. The summed E-state index contributed by atoms with van der Waals surface area (Å²) in [7, 11) is -3.88. The Balaban J connectivity index is 1.89. The number of sulfonamides is 1. The van der Waals surface area contributed by atoms with Gasteiger partial charge in [0.1, 0.15) is 11.6 Å². The Kier molecular flexibility index (Phi) is 5.93. The lowest BCUT2D eigenvalue weighted by atomic mass is 10.1. The van der Waals surface area contributed by atoms with E-state index in [1.165, 1.54) is 22.5 Å². The summed E-state index contributed by atoms with van der Waals surface area (Å²) < 4.78 is 54.4. The molecule has 0 aliphatic carbocycles. The second-order valence-electron chi connectivity index (χ2n) is 6.00.